The zero-order chi connectivity index (χ0) is 11.0. The monoisotopic (exact) mass is 215 g/mol. The molecule has 4 nitrogen and oxygen atoms in total. The van der Waals surface area contributed by atoms with Crippen LogP contribution in [-0.2, 0) is 14.6 Å². The van der Waals surface area contributed by atoms with Crippen molar-refractivity contribution in [3.8, 4) is 0 Å². The standard InChI is InChI=1S/C7H12F3NO3/c8-7(9,10)6(12)14-13-5-3-1-2-4-11/h1-5,11H2. The first-order chi connectivity index (χ1) is 6.48. The molecule has 0 bridgehead atoms. The summed E-state index contributed by atoms with van der Waals surface area (Å²) >= 11 is 0. The van der Waals surface area contributed by atoms with Crippen LogP contribution in [0.15, 0.2) is 0 Å². The predicted octanol–water partition coefficient (Wildman–Crippen LogP) is 1.15. The van der Waals surface area contributed by atoms with Crippen molar-refractivity contribution in [1.82, 2.24) is 0 Å². The molecule has 0 aliphatic rings. The van der Waals surface area contributed by atoms with E-state index in [1.165, 1.54) is 0 Å². The van der Waals surface area contributed by atoms with Gasteiger partial charge in [-0.05, 0) is 25.8 Å². The van der Waals surface area contributed by atoms with E-state index < -0.39 is 12.1 Å². The highest BCUT2D eigenvalue weighted by Gasteiger charge is 2.42. The topological polar surface area (TPSA) is 61.6 Å². The zero-order valence-electron chi connectivity index (χ0n) is 7.47. The van der Waals surface area contributed by atoms with Gasteiger partial charge in [0.25, 0.3) is 0 Å². The number of carbonyl (C=O) groups is 1. The average molecular weight is 215 g/mol. The molecule has 0 aliphatic carbocycles. The van der Waals surface area contributed by atoms with Gasteiger partial charge in [-0.2, -0.15) is 18.1 Å². The summed E-state index contributed by atoms with van der Waals surface area (Å²) in [5.41, 5.74) is 5.17. The molecule has 0 heterocycles. The lowest BCUT2D eigenvalue weighted by molar-refractivity contribution is -0.301. The molecule has 0 aromatic rings. The molecule has 0 rings (SSSR count). The number of alkyl halides is 3. The lowest BCUT2D eigenvalue weighted by Gasteiger charge is -2.05. The largest absolute Gasteiger partial charge is 0.494 e. The Labute approximate surface area is 79.1 Å². The quantitative estimate of drug-likeness (QED) is 0.410. The first-order valence-electron chi connectivity index (χ1n) is 4.09. The summed E-state index contributed by atoms with van der Waals surface area (Å²) in [6.07, 6.45) is -3.02. The second-order valence-electron chi connectivity index (χ2n) is 2.54. The van der Waals surface area contributed by atoms with Gasteiger partial charge >= 0.3 is 12.1 Å². The maximum absolute atomic E-state index is 11.5. The van der Waals surface area contributed by atoms with Gasteiger partial charge in [-0.1, -0.05) is 0 Å². The van der Waals surface area contributed by atoms with Gasteiger partial charge in [0, 0.05) is 0 Å². The number of carbonyl (C=O) groups excluding carboxylic acids is 1. The minimum absolute atomic E-state index is 0.0537. The first kappa shape index (κ1) is 13.2. The maximum Gasteiger partial charge on any atom is 0.494 e. The molecule has 0 fully saturated rings. The molecule has 7 heteroatoms. The Bertz CT molecular complexity index is 172. The predicted molar refractivity (Wildman–Crippen MR) is 41.0 cm³/mol. The van der Waals surface area contributed by atoms with E-state index in [0.717, 1.165) is 12.8 Å². The minimum atomic E-state index is -5.00. The Morgan fingerprint density at radius 3 is 2.36 bits per heavy atom. The molecule has 14 heavy (non-hydrogen) atoms. The van der Waals surface area contributed by atoms with E-state index in [2.05, 4.69) is 9.78 Å². The lowest BCUT2D eigenvalue weighted by atomic mass is 10.2. The number of unbranched alkanes of at least 4 members (excludes halogenated alkanes) is 2. The average Bonchev–Trinajstić information content (AvgIpc) is 2.09. The Morgan fingerprint density at radius 1 is 1.21 bits per heavy atom. The van der Waals surface area contributed by atoms with E-state index in [9.17, 15) is 18.0 Å². The van der Waals surface area contributed by atoms with Crippen LogP contribution in [-0.4, -0.2) is 25.3 Å². The van der Waals surface area contributed by atoms with E-state index in [4.69, 9.17) is 5.73 Å². The molecule has 84 valence electrons. The van der Waals surface area contributed by atoms with Crippen LogP contribution in [0.25, 0.3) is 0 Å². The normalized spacial score (nSPS) is 11.4. The van der Waals surface area contributed by atoms with Gasteiger partial charge in [0.15, 0.2) is 0 Å². The SMILES string of the molecule is NCCCCCOOC(=O)C(F)(F)F. The summed E-state index contributed by atoms with van der Waals surface area (Å²) in [7, 11) is 0. The molecule has 0 spiro atoms. The molecule has 0 saturated carbocycles. The number of hydrogen-bond acceptors (Lipinski definition) is 4. The zero-order valence-corrected chi connectivity index (χ0v) is 7.47. The van der Waals surface area contributed by atoms with E-state index in [1.807, 2.05) is 0 Å². The Kier molecular flexibility index (Phi) is 6.22. The smallest absolute Gasteiger partial charge is 0.330 e. The molecule has 0 aromatic heterocycles. The first-order valence-corrected chi connectivity index (χ1v) is 4.09. The van der Waals surface area contributed by atoms with Crippen molar-refractivity contribution in [2.24, 2.45) is 5.73 Å². The number of hydrogen-bond donors (Lipinski definition) is 1. The molecular formula is C7H12F3NO3. The molecule has 0 aliphatic heterocycles. The van der Waals surface area contributed by atoms with Crippen LogP contribution >= 0.6 is 0 Å². The number of nitrogens with two attached hydrogens (primary N) is 1. The Hall–Kier alpha value is -0.820. The van der Waals surface area contributed by atoms with E-state index in [1.54, 1.807) is 0 Å². The molecule has 0 saturated heterocycles. The second kappa shape index (κ2) is 6.61. The van der Waals surface area contributed by atoms with Crippen LogP contribution in [0.4, 0.5) is 13.2 Å². The van der Waals surface area contributed by atoms with Crippen molar-refractivity contribution in [3.05, 3.63) is 0 Å². The fraction of sp³-hybridized carbons (Fsp3) is 0.857. The van der Waals surface area contributed by atoms with Crippen LogP contribution in [0, 0.1) is 0 Å². The van der Waals surface area contributed by atoms with Gasteiger partial charge in [-0.15, -0.1) is 0 Å². The molecule has 2 N–H and O–H groups in total. The van der Waals surface area contributed by atoms with Crippen LogP contribution in [0.2, 0.25) is 0 Å². The highest BCUT2D eigenvalue weighted by molar-refractivity contribution is 5.74. The minimum Gasteiger partial charge on any atom is -0.330 e. The highest BCUT2D eigenvalue weighted by Crippen LogP contribution is 2.16. The summed E-state index contributed by atoms with van der Waals surface area (Å²) in [5, 5.41) is 0. The summed E-state index contributed by atoms with van der Waals surface area (Å²) in [5.74, 6) is -2.34. The number of rotatable bonds is 6. The van der Waals surface area contributed by atoms with Gasteiger partial charge in [0.2, 0.25) is 0 Å². The third-order valence-corrected chi connectivity index (χ3v) is 1.30. The van der Waals surface area contributed by atoms with Crippen molar-refractivity contribution in [2.45, 2.75) is 25.4 Å². The fourth-order valence-corrected chi connectivity index (χ4v) is 0.625. The fourth-order valence-electron chi connectivity index (χ4n) is 0.625. The third kappa shape index (κ3) is 6.67. The molecule has 0 unspecified atom stereocenters. The lowest BCUT2D eigenvalue weighted by Crippen LogP contribution is -2.25. The summed E-state index contributed by atoms with van der Waals surface area (Å²) in [6, 6.07) is 0. The molecule has 0 amide bonds. The van der Waals surface area contributed by atoms with Crippen molar-refractivity contribution >= 4 is 5.97 Å². The maximum atomic E-state index is 11.5. The molecule has 0 radical (unpaired) electrons. The second-order valence-corrected chi connectivity index (χ2v) is 2.54. The van der Waals surface area contributed by atoms with Gasteiger partial charge in [0.1, 0.15) is 0 Å². The van der Waals surface area contributed by atoms with Gasteiger partial charge in [-0.3, -0.25) is 4.89 Å². The van der Waals surface area contributed by atoms with E-state index >= 15 is 0 Å². The van der Waals surface area contributed by atoms with Crippen molar-refractivity contribution in [3.63, 3.8) is 0 Å². The Morgan fingerprint density at radius 2 is 1.86 bits per heavy atom. The van der Waals surface area contributed by atoms with Crippen LogP contribution in [0.5, 0.6) is 0 Å². The molecule has 0 aromatic carbocycles. The van der Waals surface area contributed by atoms with Gasteiger partial charge < -0.3 is 5.73 Å². The van der Waals surface area contributed by atoms with Crippen LogP contribution in [0.3, 0.4) is 0 Å². The van der Waals surface area contributed by atoms with Crippen molar-refractivity contribution < 1.29 is 27.7 Å². The van der Waals surface area contributed by atoms with Crippen LogP contribution in [0.1, 0.15) is 19.3 Å². The molecule has 0 atom stereocenters. The Balaban J connectivity index is 3.33. The van der Waals surface area contributed by atoms with Crippen molar-refractivity contribution in [2.75, 3.05) is 13.2 Å². The summed E-state index contributed by atoms with van der Waals surface area (Å²) in [4.78, 5) is 17.6. The van der Waals surface area contributed by atoms with Crippen LogP contribution < -0.4 is 5.73 Å². The number of halogens is 3. The summed E-state index contributed by atoms with van der Waals surface area (Å²) in [6.45, 7) is 0.462. The van der Waals surface area contributed by atoms with Crippen molar-refractivity contribution in [1.29, 1.82) is 0 Å². The van der Waals surface area contributed by atoms with Gasteiger partial charge in [0.05, 0.1) is 6.61 Å². The molecular weight excluding hydrogens is 203 g/mol. The van der Waals surface area contributed by atoms with Gasteiger partial charge in [-0.25, -0.2) is 4.79 Å². The van der Waals surface area contributed by atoms with E-state index in [0.29, 0.717) is 13.0 Å². The van der Waals surface area contributed by atoms with E-state index in [-0.39, 0.29) is 6.61 Å². The summed E-state index contributed by atoms with van der Waals surface area (Å²) < 4.78 is 34.5. The third-order valence-electron chi connectivity index (χ3n) is 1.30. The highest BCUT2D eigenvalue weighted by atomic mass is 19.4.